The van der Waals surface area contributed by atoms with Crippen LogP contribution in [0.1, 0.15) is 19.8 Å². The van der Waals surface area contributed by atoms with Crippen molar-refractivity contribution in [2.75, 3.05) is 26.0 Å². The van der Waals surface area contributed by atoms with Crippen molar-refractivity contribution in [3.8, 4) is 0 Å². The average Bonchev–Trinajstić information content (AvgIpc) is 2.17. The van der Waals surface area contributed by atoms with Crippen LogP contribution in [0.2, 0.25) is 0 Å². The predicted molar refractivity (Wildman–Crippen MR) is 54.7 cm³/mol. The van der Waals surface area contributed by atoms with Gasteiger partial charge in [0.25, 0.3) is 0 Å². The van der Waals surface area contributed by atoms with Crippen LogP contribution in [0.25, 0.3) is 0 Å². The highest BCUT2D eigenvalue weighted by atomic mass is 32.2. The SMILES string of the molecule is CSC1CCCN(C(C)CO)C1. The Balaban J connectivity index is 2.34. The normalized spacial score (nSPS) is 28.8. The molecule has 2 atom stereocenters. The highest BCUT2D eigenvalue weighted by Gasteiger charge is 2.21. The van der Waals surface area contributed by atoms with E-state index in [-0.39, 0.29) is 0 Å². The van der Waals surface area contributed by atoms with Gasteiger partial charge in [0.1, 0.15) is 0 Å². The number of aliphatic hydroxyl groups is 1. The first kappa shape index (κ1) is 10.4. The summed E-state index contributed by atoms with van der Waals surface area (Å²) in [6.07, 6.45) is 4.81. The standard InChI is InChI=1S/C9H19NOS/c1-8(7-11)10-5-3-4-9(6-10)12-2/h8-9,11H,3-7H2,1-2H3. The van der Waals surface area contributed by atoms with E-state index in [0.717, 1.165) is 11.8 Å². The minimum Gasteiger partial charge on any atom is -0.395 e. The molecule has 0 aromatic rings. The summed E-state index contributed by atoms with van der Waals surface area (Å²) in [5, 5.41) is 9.78. The molecule has 1 saturated heterocycles. The molecule has 0 aliphatic carbocycles. The van der Waals surface area contributed by atoms with E-state index < -0.39 is 0 Å². The van der Waals surface area contributed by atoms with Gasteiger partial charge in [0, 0.05) is 17.8 Å². The van der Waals surface area contributed by atoms with Crippen LogP contribution in [0.4, 0.5) is 0 Å². The Bertz CT molecular complexity index is 130. The summed E-state index contributed by atoms with van der Waals surface area (Å²) in [6.45, 7) is 4.71. The molecule has 0 radical (unpaired) electrons. The van der Waals surface area contributed by atoms with E-state index in [4.69, 9.17) is 5.11 Å². The minimum atomic E-state index is 0.293. The van der Waals surface area contributed by atoms with Crippen molar-refractivity contribution in [2.24, 2.45) is 0 Å². The van der Waals surface area contributed by atoms with Gasteiger partial charge in [0.15, 0.2) is 0 Å². The molecule has 1 fully saturated rings. The molecule has 12 heavy (non-hydrogen) atoms. The van der Waals surface area contributed by atoms with Crippen LogP contribution in [0.5, 0.6) is 0 Å². The fourth-order valence-electron chi connectivity index (χ4n) is 1.67. The summed E-state index contributed by atoms with van der Waals surface area (Å²) >= 11 is 1.95. The molecular weight excluding hydrogens is 170 g/mol. The molecule has 0 amide bonds. The lowest BCUT2D eigenvalue weighted by molar-refractivity contribution is 0.118. The van der Waals surface area contributed by atoms with E-state index in [9.17, 15) is 0 Å². The Labute approximate surface area is 79.3 Å². The first-order chi connectivity index (χ1) is 5.77. The summed E-state index contributed by atoms with van der Waals surface area (Å²) in [7, 11) is 0. The number of thioether (sulfide) groups is 1. The predicted octanol–water partition coefficient (Wildman–Crippen LogP) is 1.19. The van der Waals surface area contributed by atoms with E-state index >= 15 is 0 Å². The topological polar surface area (TPSA) is 23.5 Å². The quantitative estimate of drug-likeness (QED) is 0.721. The third kappa shape index (κ3) is 2.64. The Morgan fingerprint density at radius 2 is 2.42 bits per heavy atom. The molecule has 1 aliphatic rings. The summed E-state index contributed by atoms with van der Waals surface area (Å²) in [6, 6.07) is 0.347. The van der Waals surface area contributed by atoms with Crippen molar-refractivity contribution < 1.29 is 5.11 Å². The molecule has 2 unspecified atom stereocenters. The summed E-state index contributed by atoms with van der Waals surface area (Å²) in [4.78, 5) is 2.39. The Hall–Kier alpha value is 0.270. The third-order valence-electron chi connectivity index (χ3n) is 2.63. The number of rotatable bonds is 3. The van der Waals surface area contributed by atoms with Gasteiger partial charge >= 0.3 is 0 Å². The number of hydrogen-bond acceptors (Lipinski definition) is 3. The summed E-state index contributed by atoms with van der Waals surface area (Å²) in [5.74, 6) is 0. The fraction of sp³-hybridized carbons (Fsp3) is 1.00. The van der Waals surface area contributed by atoms with Gasteiger partial charge in [-0.1, -0.05) is 0 Å². The summed E-state index contributed by atoms with van der Waals surface area (Å²) in [5.41, 5.74) is 0. The zero-order valence-electron chi connectivity index (χ0n) is 7.99. The molecule has 1 heterocycles. The number of likely N-dealkylation sites (tertiary alicyclic amines) is 1. The van der Waals surface area contributed by atoms with Crippen LogP contribution in [0.15, 0.2) is 0 Å². The van der Waals surface area contributed by atoms with Crippen LogP contribution in [0.3, 0.4) is 0 Å². The van der Waals surface area contributed by atoms with E-state index in [1.54, 1.807) is 0 Å². The highest BCUT2D eigenvalue weighted by molar-refractivity contribution is 7.99. The Morgan fingerprint density at radius 3 is 3.00 bits per heavy atom. The zero-order chi connectivity index (χ0) is 8.97. The highest BCUT2D eigenvalue weighted by Crippen LogP contribution is 2.21. The van der Waals surface area contributed by atoms with Crippen molar-refractivity contribution in [3.63, 3.8) is 0 Å². The molecule has 3 heteroatoms. The molecule has 1 N–H and O–H groups in total. The maximum absolute atomic E-state index is 9.00. The number of hydrogen-bond donors (Lipinski definition) is 1. The van der Waals surface area contributed by atoms with E-state index in [0.29, 0.717) is 12.6 Å². The van der Waals surface area contributed by atoms with Crippen LogP contribution in [0, 0.1) is 0 Å². The van der Waals surface area contributed by atoms with Crippen LogP contribution >= 0.6 is 11.8 Å². The smallest absolute Gasteiger partial charge is 0.0584 e. The van der Waals surface area contributed by atoms with E-state index in [2.05, 4.69) is 18.1 Å². The maximum atomic E-state index is 9.00. The van der Waals surface area contributed by atoms with Crippen LogP contribution in [-0.4, -0.2) is 47.3 Å². The van der Waals surface area contributed by atoms with Gasteiger partial charge in [-0.05, 0) is 32.6 Å². The Morgan fingerprint density at radius 1 is 1.67 bits per heavy atom. The lowest BCUT2D eigenvalue weighted by Crippen LogP contribution is -2.43. The molecule has 0 bridgehead atoms. The minimum absolute atomic E-state index is 0.293. The van der Waals surface area contributed by atoms with Gasteiger partial charge in [0.05, 0.1) is 6.61 Å². The molecule has 72 valence electrons. The van der Waals surface area contributed by atoms with Crippen LogP contribution < -0.4 is 0 Å². The maximum Gasteiger partial charge on any atom is 0.0584 e. The van der Waals surface area contributed by atoms with Gasteiger partial charge in [-0.25, -0.2) is 0 Å². The first-order valence-electron chi connectivity index (χ1n) is 4.65. The van der Waals surface area contributed by atoms with Gasteiger partial charge in [-0.2, -0.15) is 11.8 Å². The first-order valence-corrected chi connectivity index (χ1v) is 5.94. The van der Waals surface area contributed by atoms with Gasteiger partial charge in [-0.15, -0.1) is 0 Å². The monoisotopic (exact) mass is 189 g/mol. The zero-order valence-corrected chi connectivity index (χ0v) is 8.81. The van der Waals surface area contributed by atoms with E-state index in [1.165, 1.54) is 19.4 Å². The molecule has 0 saturated carbocycles. The largest absolute Gasteiger partial charge is 0.395 e. The fourth-order valence-corrected chi connectivity index (χ4v) is 2.42. The van der Waals surface area contributed by atoms with Gasteiger partial charge < -0.3 is 5.11 Å². The second-order valence-electron chi connectivity index (χ2n) is 3.53. The number of aliphatic hydroxyl groups excluding tert-OH is 1. The average molecular weight is 189 g/mol. The van der Waals surface area contributed by atoms with Gasteiger partial charge in [-0.3, -0.25) is 4.90 Å². The van der Waals surface area contributed by atoms with Crippen molar-refractivity contribution >= 4 is 11.8 Å². The van der Waals surface area contributed by atoms with Crippen molar-refractivity contribution in [2.45, 2.75) is 31.1 Å². The second-order valence-corrected chi connectivity index (χ2v) is 4.66. The molecular formula is C9H19NOS. The molecule has 0 aromatic heterocycles. The number of nitrogens with zero attached hydrogens (tertiary/aromatic N) is 1. The second kappa shape index (κ2) is 5.10. The van der Waals surface area contributed by atoms with Crippen molar-refractivity contribution in [1.29, 1.82) is 0 Å². The third-order valence-corrected chi connectivity index (χ3v) is 3.68. The van der Waals surface area contributed by atoms with E-state index in [1.807, 2.05) is 11.8 Å². The molecule has 0 aromatic carbocycles. The molecule has 0 spiro atoms. The van der Waals surface area contributed by atoms with Crippen molar-refractivity contribution in [3.05, 3.63) is 0 Å². The van der Waals surface area contributed by atoms with Crippen LogP contribution in [-0.2, 0) is 0 Å². The lowest BCUT2D eigenvalue weighted by Gasteiger charge is -2.35. The van der Waals surface area contributed by atoms with Gasteiger partial charge in [0.2, 0.25) is 0 Å². The molecule has 2 nitrogen and oxygen atoms in total. The number of piperidine rings is 1. The summed E-state index contributed by atoms with van der Waals surface area (Å²) < 4.78 is 0. The lowest BCUT2D eigenvalue weighted by atomic mass is 10.1. The molecule has 1 aliphatic heterocycles. The Kier molecular flexibility index (Phi) is 4.40. The van der Waals surface area contributed by atoms with Crippen molar-refractivity contribution in [1.82, 2.24) is 4.90 Å². The molecule has 1 rings (SSSR count).